The molecule has 0 aliphatic carbocycles. The largest absolute Gasteiger partial charge is 0.492 e. The quantitative estimate of drug-likeness (QED) is 0.504. The number of aromatic nitrogens is 2. The first-order valence-corrected chi connectivity index (χ1v) is 11.3. The molecule has 0 saturated carbocycles. The van der Waals surface area contributed by atoms with Crippen LogP contribution in [0.1, 0.15) is 54.6 Å². The van der Waals surface area contributed by atoms with Crippen LogP contribution in [0.3, 0.4) is 0 Å². The fraction of sp³-hybridized carbons (Fsp3) is 0.458. The van der Waals surface area contributed by atoms with Crippen LogP contribution in [0.15, 0.2) is 41.2 Å². The molecular weight excluding hydrogens is 411 g/mol. The Morgan fingerprint density at radius 2 is 2.09 bits per heavy atom. The topological polar surface area (TPSA) is 80.5 Å². The van der Waals surface area contributed by atoms with Crippen LogP contribution in [-0.2, 0) is 0 Å². The number of hydrogen-bond acceptors (Lipinski definition) is 6. The number of hydrogen-bond donors (Lipinski definition) is 1. The minimum Gasteiger partial charge on any atom is -0.492 e. The van der Waals surface area contributed by atoms with E-state index in [4.69, 9.17) is 9.26 Å². The molecule has 1 aliphatic heterocycles. The SMILES string of the molecule is CCNC(=O)c1cncc(OCCCCN2CCC(c3noc4cc(F)ccc34)CC2)c1. The van der Waals surface area contributed by atoms with Gasteiger partial charge in [0, 0.05) is 30.1 Å². The monoisotopic (exact) mass is 440 g/mol. The van der Waals surface area contributed by atoms with Gasteiger partial charge in [-0.1, -0.05) is 5.16 Å². The van der Waals surface area contributed by atoms with Crippen LogP contribution in [0.4, 0.5) is 4.39 Å². The highest BCUT2D eigenvalue weighted by Crippen LogP contribution is 2.32. The van der Waals surface area contributed by atoms with Gasteiger partial charge < -0.3 is 19.5 Å². The summed E-state index contributed by atoms with van der Waals surface area (Å²) in [7, 11) is 0. The minimum atomic E-state index is -0.301. The number of ether oxygens (including phenoxy) is 1. The lowest BCUT2D eigenvalue weighted by molar-refractivity contribution is 0.0955. The van der Waals surface area contributed by atoms with Gasteiger partial charge in [0.25, 0.3) is 5.91 Å². The van der Waals surface area contributed by atoms with Crippen molar-refractivity contribution in [3.63, 3.8) is 0 Å². The Labute approximate surface area is 186 Å². The van der Waals surface area contributed by atoms with Crippen molar-refractivity contribution in [2.24, 2.45) is 0 Å². The minimum absolute atomic E-state index is 0.139. The molecule has 3 heterocycles. The van der Waals surface area contributed by atoms with Gasteiger partial charge in [0.05, 0.1) is 24.1 Å². The van der Waals surface area contributed by atoms with E-state index in [0.717, 1.165) is 56.4 Å². The summed E-state index contributed by atoms with van der Waals surface area (Å²) < 4.78 is 24.5. The zero-order valence-electron chi connectivity index (χ0n) is 18.3. The second-order valence-electron chi connectivity index (χ2n) is 8.15. The van der Waals surface area contributed by atoms with Crippen molar-refractivity contribution in [2.75, 3.05) is 32.8 Å². The van der Waals surface area contributed by atoms with E-state index in [2.05, 4.69) is 20.4 Å². The van der Waals surface area contributed by atoms with Gasteiger partial charge >= 0.3 is 0 Å². The van der Waals surface area contributed by atoms with Crippen molar-refractivity contribution in [1.82, 2.24) is 20.4 Å². The third kappa shape index (κ3) is 5.43. The smallest absolute Gasteiger partial charge is 0.252 e. The molecule has 32 heavy (non-hydrogen) atoms. The summed E-state index contributed by atoms with van der Waals surface area (Å²) in [6.45, 7) is 6.11. The van der Waals surface area contributed by atoms with Crippen molar-refractivity contribution >= 4 is 16.9 Å². The number of unbranched alkanes of at least 4 members (excludes halogenated alkanes) is 1. The van der Waals surface area contributed by atoms with E-state index in [1.165, 1.54) is 12.1 Å². The highest BCUT2D eigenvalue weighted by molar-refractivity contribution is 5.94. The maximum Gasteiger partial charge on any atom is 0.252 e. The zero-order chi connectivity index (χ0) is 22.3. The van der Waals surface area contributed by atoms with E-state index in [-0.39, 0.29) is 11.7 Å². The van der Waals surface area contributed by atoms with E-state index in [1.807, 2.05) is 6.92 Å². The van der Waals surface area contributed by atoms with Gasteiger partial charge in [-0.2, -0.15) is 0 Å². The summed E-state index contributed by atoms with van der Waals surface area (Å²) in [6, 6.07) is 6.36. The Kier molecular flexibility index (Phi) is 7.32. The van der Waals surface area contributed by atoms with Crippen LogP contribution in [0, 0.1) is 5.82 Å². The van der Waals surface area contributed by atoms with Crippen LogP contribution < -0.4 is 10.1 Å². The van der Waals surface area contributed by atoms with Crippen molar-refractivity contribution < 1.29 is 18.4 Å². The molecule has 170 valence electrons. The fourth-order valence-corrected chi connectivity index (χ4v) is 4.17. The summed E-state index contributed by atoms with van der Waals surface area (Å²) >= 11 is 0. The number of fused-ring (bicyclic) bond motifs is 1. The number of amides is 1. The molecule has 1 amide bonds. The highest BCUT2D eigenvalue weighted by Gasteiger charge is 2.24. The first-order valence-electron chi connectivity index (χ1n) is 11.3. The molecule has 1 N–H and O–H groups in total. The molecule has 0 spiro atoms. The first-order chi connectivity index (χ1) is 15.6. The number of nitrogens with one attached hydrogen (secondary N) is 1. The lowest BCUT2D eigenvalue weighted by Crippen LogP contribution is -2.34. The van der Waals surface area contributed by atoms with Crippen LogP contribution >= 0.6 is 0 Å². The molecule has 0 bridgehead atoms. The Hall–Kier alpha value is -3.00. The normalized spacial score (nSPS) is 15.2. The predicted octanol–water partition coefficient (Wildman–Crippen LogP) is 4.15. The Balaban J connectivity index is 1.17. The van der Waals surface area contributed by atoms with Crippen molar-refractivity contribution in [1.29, 1.82) is 0 Å². The molecule has 1 aliphatic rings. The van der Waals surface area contributed by atoms with Crippen LogP contribution in [0.2, 0.25) is 0 Å². The number of pyridine rings is 1. The number of halogens is 1. The van der Waals surface area contributed by atoms with Gasteiger partial charge in [0.1, 0.15) is 11.6 Å². The van der Waals surface area contributed by atoms with Gasteiger partial charge in [-0.05, 0) is 70.4 Å². The molecule has 0 atom stereocenters. The number of likely N-dealkylation sites (tertiary alicyclic amines) is 1. The van der Waals surface area contributed by atoms with E-state index >= 15 is 0 Å². The molecule has 1 fully saturated rings. The summed E-state index contributed by atoms with van der Waals surface area (Å²) in [5.74, 6) is 0.532. The number of nitrogens with zero attached hydrogens (tertiary/aromatic N) is 3. The molecule has 3 aromatic rings. The Morgan fingerprint density at radius 1 is 1.25 bits per heavy atom. The molecule has 8 heteroatoms. The second-order valence-corrected chi connectivity index (χ2v) is 8.15. The number of rotatable bonds is 9. The average Bonchev–Trinajstić information content (AvgIpc) is 3.22. The van der Waals surface area contributed by atoms with Gasteiger partial charge in [-0.25, -0.2) is 4.39 Å². The average molecular weight is 441 g/mol. The van der Waals surface area contributed by atoms with E-state index in [9.17, 15) is 9.18 Å². The van der Waals surface area contributed by atoms with E-state index < -0.39 is 0 Å². The van der Waals surface area contributed by atoms with Gasteiger partial charge in [-0.3, -0.25) is 9.78 Å². The molecule has 1 saturated heterocycles. The zero-order valence-corrected chi connectivity index (χ0v) is 18.3. The predicted molar refractivity (Wildman–Crippen MR) is 119 cm³/mol. The Bertz CT molecular complexity index is 1050. The lowest BCUT2D eigenvalue weighted by Gasteiger charge is -2.31. The summed E-state index contributed by atoms with van der Waals surface area (Å²) in [5.41, 5.74) is 1.99. The van der Waals surface area contributed by atoms with Crippen LogP contribution in [0.25, 0.3) is 11.0 Å². The van der Waals surface area contributed by atoms with Gasteiger partial charge in [0.15, 0.2) is 5.58 Å². The summed E-state index contributed by atoms with van der Waals surface area (Å²) in [4.78, 5) is 18.4. The lowest BCUT2D eigenvalue weighted by atomic mass is 9.91. The number of carbonyl (C=O) groups is 1. The second kappa shape index (κ2) is 10.5. The number of piperidine rings is 1. The van der Waals surface area contributed by atoms with Crippen molar-refractivity contribution in [2.45, 2.75) is 38.5 Å². The summed E-state index contributed by atoms with van der Waals surface area (Å²) in [6.07, 6.45) is 7.20. The highest BCUT2D eigenvalue weighted by atomic mass is 19.1. The van der Waals surface area contributed by atoms with Crippen LogP contribution in [-0.4, -0.2) is 53.7 Å². The first kappa shape index (κ1) is 22.2. The van der Waals surface area contributed by atoms with Gasteiger partial charge in [0.2, 0.25) is 0 Å². The Morgan fingerprint density at radius 3 is 2.91 bits per heavy atom. The molecule has 1 aromatic carbocycles. The third-order valence-electron chi connectivity index (χ3n) is 5.89. The molecule has 7 nitrogen and oxygen atoms in total. The third-order valence-corrected chi connectivity index (χ3v) is 5.89. The molecule has 2 aromatic heterocycles. The molecule has 4 rings (SSSR count). The van der Waals surface area contributed by atoms with Crippen LogP contribution in [0.5, 0.6) is 5.75 Å². The van der Waals surface area contributed by atoms with Crippen molar-refractivity contribution in [3.05, 3.63) is 53.7 Å². The standard InChI is InChI=1S/C24H29FN4O3/c1-2-27-24(30)18-13-20(16-26-15-18)31-12-4-3-9-29-10-7-17(8-11-29)23-21-6-5-19(25)14-22(21)32-28-23/h5-6,13-17H,2-4,7-12H2,1H3,(H,27,30). The molecular formula is C24H29FN4O3. The molecule has 0 radical (unpaired) electrons. The van der Waals surface area contributed by atoms with Gasteiger partial charge in [-0.15, -0.1) is 0 Å². The molecule has 0 unspecified atom stereocenters. The fourth-order valence-electron chi connectivity index (χ4n) is 4.17. The maximum atomic E-state index is 13.4. The van der Waals surface area contributed by atoms with E-state index in [0.29, 0.717) is 36.0 Å². The summed E-state index contributed by atoms with van der Waals surface area (Å²) in [5, 5.41) is 7.91. The number of benzene rings is 1. The number of carbonyl (C=O) groups excluding carboxylic acids is 1. The van der Waals surface area contributed by atoms with E-state index in [1.54, 1.807) is 24.5 Å². The van der Waals surface area contributed by atoms with Crippen molar-refractivity contribution in [3.8, 4) is 5.75 Å². The maximum absolute atomic E-state index is 13.4.